The molecule has 3 aromatic rings. The molecule has 0 aliphatic rings. The fraction of sp³-hybridized carbons (Fsp3) is 0. The van der Waals surface area contributed by atoms with Crippen LogP contribution < -0.4 is 4.74 Å². The molecule has 0 atom stereocenters. The number of rotatable bonds is 2. The van der Waals surface area contributed by atoms with Gasteiger partial charge in [-0.3, -0.25) is 0 Å². The molecule has 2 aromatic carbocycles. The molecule has 20 heavy (non-hydrogen) atoms. The molecule has 4 heteroatoms. The van der Waals surface area contributed by atoms with Gasteiger partial charge in [-0.05, 0) is 47.2 Å². The van der Waals surface area contributed by atoms with Crippen molar-refractivity contribution in [1.82, 2.24) is 4.98 Å². The summed E-state index contributed by atoms with van der Waals surface area (Å²) in [6.07, 6.45) is 1.57. The predicted molar refractivity (Wildman–Crippen MR) is 80.7 cm³/mol. The quantitative estimate of drug-likeness (QED) is 0.688. The van der Waals surface area contributed by atoms with Crippen LogP contribution in [-0.4, -0.2) is 4.98 Å². The molecule has 1 aromatic heterocycles. The zero-order valence-electron chi connectivity index (χ0n) is 10.4. The van der Waals surface area contributed by atoms with E-state index in [1.807, 2.05) is 42.5 Å². The van der Waals surface area contributed by atoms with E-state index < -0.39 is 0 Å². The Kier molecular flexibility index (Phi) is 3.36. The normalized spacial score (nSPS) is 10.2. The molecule has 0 fully saturated rings. The average Bonchev–Trinajstić information content (AvgIpc) is 2.48. The smallest absolute Gasteiger partial charge is 0.183 e. The molecule has 0 saturated heterocycles. The van der Waals surface area contributed by atoms with Gasteiger partial charge in [-0.25, -0.2) is 4.98 Å². The topological polar surface area (TPSA) is 45.9 Å². The molecule has 0 N–H and O–H groups in total. The van der Waals surface area contributed by atoms with E-state index in [1.165, 1.54) is 0 Å². The summed E-state index contributed by atoms with van der Waals surface area (Å²) in [4.78, 5) is 3.97. The van der Waals surface area contributed by atoms with Crippen LogP contribution in [-0.2, 0) is 0 Å². The maximum Gasteiger partial charge on any atom is 0.183 e. The van der Waals surface area contributed by atoms with Crippen LogP contribution in [0.25, 0.3) is 10.8 Å². The van der Waals surface area contributed by atoms with E-state index in [9.17, 15) is 0 Å². The summed E-state index contributed by atoms with van der Waals surface area (Å²) in [6.45, 7) is 0. The molecular weight excluding hydrogens is 316 g/mol. The van der Waals surface area contributed by atoms with Gasteiger partial charge in [0.25, 0.3) is 0 Å². The summed E-state index contributed by atoms with van der Waals surface area (Å²) in [6, 6.07) is 17.3. The molecule has 0 radical (unpaired) electrons. The third-order valence-electron chi connectivity index (χ3n) is 2.88. The summed E-state index contributed by atoms with van der Waals surface area (Å²) < 4.78 is 6.78. The van der Waals surface area contributed by atoms with E-state index in [1.54, 1.807) is 18.3 Å². The van der Waals surface area contributed by atoms with E-state index in [4.69, 9.17) is 10.00 Å². The van der Waals surface area contributed by atoms with E-state index in [0.29, 0.717) is 11.5 Å². The number of benzene rings is 2. The van der Waals surface area contributed by atoms with Gasteiger partial charge in [0.15, 0.2) is 11.4 Å². The molecule has 0 spiro atoms. The first-order chi connectivity index (χ1) is 9.76. The van der Waals surface area contributed by atoms with Gasteiger partial charge in [0.1, 0.15) is 11.8 Å². The maximum absolute atomic E-state index is 9.00. The summed E-state index contributed by atoms with van der Waals surface area (Å²) in [7, 11) is 0. The van der Waals surface area contributed by atoms with Crippen molar-refractivity contribution in [2.45, 2.75) is 0 Å². The van der Waals surface area contributed by atoms with Crippen molar-refractivity contribution in [2.75, 3.05) is 0 Å². The number of fused-ring (bicyclic) bond motifs is 1. The number of halogens is 1. The lowest BCUT2D eigenvalue weighted by molar-refractivity contribution is 0.479. The van der Waals surface area contributed by atoms with Crippen LogP contribution >= 0.6 is 15.9 Å². The molecule has 0 aliphatic heterocycles. The van der Waals surface area contributed by atoms with Gasteiger partial charge in [-0.1, -0.05) is 28.1 Å². The largest absolute Gasteiger partial charge is 0.454 e. The van der Waals surface area contributed by atoms with Gasteiger partial charge >= 0.3 is 0 Å². The Morgan fingerprint density at radius 1 is 1.05 bits per heavy atom. The van der Waals surface area contributed by atoms with Crippen LogP contribution in [0.2, 0.25) is 0 Å². The fourth-order valence-corrected chi connectivity index (χ4v) is 2.32. The molecule has 0 amide bonds. The van der Waals surface area contributed by atoms with Gasteiger partial charge in [-0.2, -0.15) is 5.26 Å². The molecule has 0 saturated carbocycles. The number of aromatic nitrogens is 1. The summed E-state index contributed by atoms with van der Waals surface area (Å²) in [5.74, 6) is 1.15. The number of pyridine rings is 1. The number of ether oxygens (including phenoxy) is 1. The van der Waals surface area contributed by atoms with E-state index in [0.717, 1.165) is 15.2 Å². The molecule has 3 nitrogen and oxygen atoms in total. The van der Waals surface area contributed by atoms with Crippen molar-refractivity contribution in [2.24, 2.45) is 0 Å². The molecule has 3 rings (SSSR count). The molecule has 96 valence electrons. The van der Waals surface area contributed by atoms with Gasteiger partial charge in [0.05, 0.1) is 0 Å². The van der Waals surface area contributed by atoms with Crippen LogP contribution in [0.4, 0.5) is 0 Å². The van der Waals surface area contributed by atoms with Crippen LogP contribution in [0.1, 0.15) is 5.69 Å². The second-order valence-corrected chi connectivity index (χ2v) is 5.13. The van der Waals surface area contributed by atoms with Gasteiger partial charge in [-0.15, -0.1) is 0 Å². The van der Waals surface area contributed by atoms with E-state index in [-0.39, 0.29) is 5.69 Å². The third kappa shape index (κ3) is 2.49. The fourth-order valence-electron chi connectivity index (χ4n) is 1.94. The first-order valence-electron chi connectivity index (χ1n) is 5.98. The van der Waals surface area contributed by atoms with E-state index >= 15 is 0 Å². The maximum atomic E-state index is 9.00. The van der Waals surface area contributed by atoms with Crippen molar-refractivity contribution < 1.29 is 4.74 Å². The average molecular weight is 325 g/mol. The second-order valence-electron chi connectivity index (χ2n) is 4.22. The van der Waals surface area contributed by atoms with Gasteiger partial charge in [0.2, 0.25) is 0 Å². The number of hydrogen-bond donors (Lipinski definition) is 0. The van der Waals surface area contributed by atoms with Crippen LogP contribution in [0.5, 0.6) is 11.5 Å². The predicted octanol–water partition coefficient (Wildman–Crippen LogP) is 4.66. The first kappa shape index (κ1) is 12.6. The van der Waals surface area contributed by atoms with Crippen LogP contribution in [0.3, 0.4) is 0 Å². The highest BCUT2D eigenvalue weighted by molar-refractivity contribution is 9.10. The monoisotopic (exact) mass is 324 g/mol. The van der Waals surface area contributed by atoms with Crippen LogP contribution in [0, 0.1) is 11.3 Å². The van der Waals surface area contributed by atoms with Crippen molar-refractivity contribution in [3.63, 3.8) is 0 Å². The minimum Gasteiger partial charge on any atom is -0.454 e. The highest BCUT2D eigenvalue weighted by Crippen LogP contribution is 2.28. The lowest BCUT2D eigenvalue weighted by atomic mass is 10.1. The Labute approximate surface area is 124 Å². The minimum atomic E-state index is 0.281. The van der Waals surface area contributed by atoms with Crippen molar-refractivity contribution in [3.8, 4) is 17.6 Å². The molecule has 0 unspecified atom stereocenters. The SMILES string of the molecule is N#Cc1ncccc1Oc1ccc2cc(Br)ccc2c1. The molecule has 0 bridgehead atoms. The van der Waals surface area contributed by atoms with Gasteiger partial charge in [0, 0.05) is 10.7 Å². The molecule has 0 aliphatic carbocycles. The van der Waals surface area contributed by atoms with Crippen LogP contribution in [0.15, 0.2) is 59.2 Å². The highest BCUT2D eigenvalue weighted by Gasteiger charge is 2.05. The Hall–Kier alpha value is -2.38. The lowest BCUT2D eigenvalue weighted by Crippen LogP contribution is -1.90. The second kappa shape index (κ2) is 5.32. The summed E-state index contributed by atoms with van der Waals surface area (Å²) in [5.41, 5.74) is 0.281. The molecular formula is C16H9BrN2O. The Balaban J connectivity index is 1.99. The van der Waals surface area contributed by atoms with Crippen molar-refractivity contribution >= 4 is 26.7 Å². The van der Waals surface area contributed by atoms with Crippen molar-refractivity contribution in [1.29, 1.82) is 5.26 Å². The van der Waals surface area contributed by atoms with E-state index in [2.05, 4.69) is 20.9 Å². The zero-order chi connectivity index (χ0) is 13.9. The summed E-state index contributed by atoms with van der Waals surface area (Å²) in [5, 5.41) is 11.2. The number of nitrogens with zero attached hydrogens (tertiary/aromatic N) is 2. The first-order valence-corrected chi connectivity index (χ1v) is 6.78. The summed E-state index contributed by atoms with van der Waals surface area (Å²) >= 11 is 3.45. The Morgan fingerprint density at radius 3 is 2.70 bits per heavy atom. The Bertz CT molecular complexity index is 824. The van der Waals surface area contributed by atoms with Crippen molar-refractivity contribution in [3.05, 3.63) is 64.9 Å². The number of nitriles is 1. The zero-order valence-corrected chi connectivity index (χ0v) is 12.0. The molecule has 1 heterocycles. The van der Waals surface area contributed by atoms with Gasteiger partial charge < -0.3 is 4.74 Å². The third-order valence-corrected chi connectivity index (χ3v) is 3.37. The minimum absolute atomic E-state index is 0.281. The standard InChI is InChI=1S/C16H9BrN2O/c17-13-5-3-12-9-14(6-4-11(12)8-13)20-16-2-1-7-19-15(16)10-18/h1-9H. The highest BCUT2D eigenvalue weighted by atomic mass is 79.9. The Morgan fingerprint density at radius 2 is 1.85 bits per heavy atom. The lowest BCUT2D eigenvalue weighted by Gasteiger charge is -2.07. The number of hydrogen-bond acceptors (Lipinski definition) is 3.